The minimum Gasteiger partial charge on any atom is -0.424 e. The highest BCUT2D eigenvalue weighted by atomic mass is 31.2. The zero-order valence-corrected chi connectivity index (χ0v) is 12.0. The molecule has 0 aliphatic rings. The number of benzene rings is 2. The van der Waals surface area contributed by atoms with Crippen molar-refractivity contribution in [1.29, 1.82) is 0 Å². The highest BCUT2D eigenvalue weighted by molar-refractivity contribution is 7.53. The van der Waals surface area contributed by atoms with E-state index in [1.54, 1.807) is 12.1 Å². The fraction of sp³-hybridized carbons (Fsp3) is 0.125. The SMILES string of the molecule is C=C(OP(=O)(O)CCc1ccccc1)c1ccccc1. The summed E-state index contributed by atoms with van der Waals surface area (Å²) in [5.74, 6) is 0.226. The van der Waals surface area contributed by atoms with Crippen molar-refractivity contribution in [3.05, 3.63) is 78.4 Å². The van der Waals surface area contributed by atoms with Gasteiger partial charge in [-0.2, -0.15) is 0 Å². The second-order valence-electron chi connectivity index (χ2n) is 4.48. The van der Waals surface area contributed by atoms with Gasteiger partial charge in [0.05, 0.1) is 6.16 Å². The Labute approximate surface area is 119 Å². The quantitative estimate of drug-likeness (QED) is 0.643. The van der Waals surface area contributed by atoms with Crippen molar-refractivity contribution >= 4 is 13.4 Å². The molecular weight excluding hydrogens is 271 g/mol. The maximum absolute atomic E-state index is 12.0. The molecule has 0 spiro atoms. The predicted molar refractivity (Wildman–Crippen MR) is 81.4 cm³/mol. The van der Waals surface area contributed by atoms with Crippen LogP contribution in [-0.4, -0.2) is 11.1 Å². The van der Waals surface area contributed by atoms with Crippen molar-refractivity contribution < 1.29 is 14.0 Å². The fourth-order valence-corrected chi connectivity index (χ4v) is 2.89. The second kappa shape index (κ2) is 6.56. The van der Waals surface area contributed by atoms with Crippen LogP contribution in [0.2, 0.25) is 0 Å². The summed E-state index contributed by atoms with van der Waals surface area (Å²) >= 11 is 0. The van der Waals surface area contributed by atoms with Gasteiger partial charge < -0.3 is 9.42 Å². The van der Waals surface area contributed by atoms with Gasteiger partial charge in [0.15, 0.2) is 0 Å². The molecule has 0 radical (unpaired) electrons. The third kappa shape index (κ3) is 4.37. The van der Waals surface area contributed by atoms with Crippen LogP contribution in [0.25, 0.3) is 5.76 Å². The van der Waals surface area contributed by atoms with Crippen LogP contribution in [-0.2, 0) is 15.5 Å². The van der Waals surface area contributed by atoms with Crippen molar-refractivity contribution in [2.75, 3.05) is 6.16 Å². The second-order valence-corrected chi connectivity index (χ2v) is 6.38. The molecule has 1 N–H and O–H groups in total. The number of hydrogen-bond donors (Lipinski definition) is 1. The topological polar surface area (TPSA) is 46.5 Å². The lowest BCUT2D eigenvalue weighted by molar-refractivity contribution is 0.362. The summed E-state index contributed by atoms with van der Waals surface area (Å²) in [7, 11) is -3.68. The zero-order valence-electron chi connectivity index (χ0n) is 11.1. The zero-order chi connectivity index (χ0) is 14.4. The third-order valence-corrected chi connectivity index (χ3v) is 4.17. The maximum Gasteiger partial charge on any atom is 0.376 e. The largest absolute Gasteiger partial charge is 0.424 e. The van der Waals surface area contributed by atoms with Crippen molar-refractivity contribution in [2.45, 2.75) is 6.42 Å². The first-order chi connectivity index (χ1) is 9.57. The molecule has 1 unspecified atom stereocenters. The molecule has 2 rings (SSSR count). The summed E-state index contributed by atoms with van der Waals surface area (Å²) < 4.78 is 17.2. The minimum absolute atomic E-state index is 0.0723. The van der Waals surface area contributed by atoms with E-state index in [1.807, 2.05) is 48.5 Å². The Bertz CT molecular complexity index is 608. The van der Waals surface area contributed by atoms with Crippen molar-refractivity contribution in [2.24, 2.45) is 0 Å². The summed E-state index contributed by atoms with van der Waals surface area (Å²) in [4.78, 5) is 9.88. The highest BCUT2D eigenvalue weighted by Crippen LogP contribution is 2.46. The molecule has 0 saturated heterocycles. The summed E-state index contributed by atoms with van der Waals surface area (Å²) in [5, 5.41) is 0. The molecule has 0 bridgehead atoms. The van der Waals surface area contributed by atoms with Gasteiger partial charge in [0.2, 0.25) is 0 Å². The molecule has 20 heavy (non-hydrogen) atoms. The Morgan fingerprint density at radius 2 is 1.60 bits per heavy atom. The monoisotopic (exact) mass is 288 g/mol. The summed E-state index contributed by atoms with van der Waals surface area (Å²) in [6.45, 7) is 3.71. The molecule has 0 saturated carbocycles. The van der Waals surface area contributed by atoms with Gasteiger partial charge in [-0.25, -0.2) is 4.57 Å². The lowest BCUT2D eigenvalue weighted by atomic mass is 10.2. The normalized spacial score (nSPS) is 13.4. The molecule has 4 heteroatoms. The van der Waals surface area contributed by atoms with E-state index < -0.39 is 7.60 Å². The molecule has 0 aliphatic heterocycles. The first kappa shape index (κ1) is 14.6. The predicted octanol–water partition coefficient (Wildman–Crippen LogP) is 4.10. The van der Waals surface area contributed by atoms with Gasteiger partial charge in [-0.15, -0.1) is 0 Å². The molecule has 2 aromatic rings. The number of rotatable bonds is 6. The molecule has 0 heterocycles. The van der Waals surface area contributed by atoms with Gasteiger partial charge >= 0.3 is 7.60 Å². The van der Waals surface area contributed by atoms with E-state index >= 15 is 0 Å². The number of hydrogen-bond acceptors (Lipinski definition) is 2. The van der Waals surface area contributed by atoms with Crippen LogP contribution in [0.5, 0.6) is 0 Å². The molecule has 1 atom stereocenters. The number of aryl methyl sites for hydroxylation is 1. The summed E-state index contributed by atoms with van der Waals surface area (Å²) in [5.41, 5.74) is 1.72. The van der Waals surface area contributed by atoms with E-state index in [2.05, 4.69) is 6.58 Å². The van der Waals surface area contributed by atoms with Crippen molar-refractivity contribution in [3.63, 3.8) is 0 Å². The maximum atomic E-state index is 12.0. The smallest absolute Gasteiger partial charge is 0.376 e. The lowest BCUT2D eigenvalue weighted by Gasteiger charge is -2.15. The highest BCUT2D eigenvalue weighted by Gasteiger charge is 2.21. The van der Waals surface area contributed by atoms with Gasteiger partial charge in [0.1, 0.15) is 5.76 Å². The van der Waals surface area contributed by atoms with Crippen LogP contribution < -0.4 is 0 Å². The molecule has 3 nitrogen and oxygen atoms in total. The van der Waals surface area contributed by atoms with E-state index in [0.29, 0.717) is 12.0 Å². The molecule has 0 amide bonds. The Kier molecular flexibility index (Phi) is 4.78. The van der Waals surface area contributed by atoms with Crippen LogP contribution in [0.4, 0.5) is 0 Å². The van der Waals surface area contributed by atoms with Crippen LogP contribution in [0.1, 0.15) is 11.1 Å². The first-order valence-electron chi connectivity index (χ1n) is 6.36. The molecular formula is C16H17O3P. The fourth-order valence-electron chi connectivity index (χ4n) is 1.81. The van der Waals surface area contributed by atoms with Gasteiger partial charge in [-0.1, -0.05) is 67.2 Å². The average molecular weight is 288 g/mol. The first-order valence-corrected chi connectivity index (χ1v) is 8.13. The van der Waals surface area contributed by atoms with Crippen molar-refractivity contribution in [1.82, 2.24) is 0 Å². The summed E-state index contributed by atoms with van der Waals surface area (Å²) in [6, 6.07) is 18.7. The molecule has 0 aliphatic carbocycles. The van der Waals surface area contributed by atoms with Gasteiger partial charge in [-0.05, 0) is 12.0 Å². The lowest BCUT2D eigenvalue weighted by Crippen LogP contribution is -1.98. The van der Waals surface area contributed by atoms with E-state index in [4.69, 9.17) is 4.52 Å². The van der Waals surface area contributed by atoms with E-state index in [-0.39, 0.29) is 11.9 Å². The molecule has 0 aromatic heterocycles. The van der Waals surface area contributed by atoms with Crippen molar-refractivity contribution in [3.8, 4) is 0 Å². The average Bonchev–Trinajstić information content (AvgIpc) is 2.47. The van der Waals surface area contributed by atoms with Gasteiger partial charge in [0.25, 0.3) is 0 Å². The Morgan fingerprint density at radius 1 is 1.05 bits per heavy atom. The van der Waals surface area contributed by atoms with Gasteiger partial charge in [0, 0.05) is 5.56 Å². The van der Waals surface area contributed by atoms with E-state index in [1.165, 1.54) is 0 Å². The third-order valence-electron chi connectivity index (χ3n) is 2.87. The van der Waals surface area contributed by atoms with Crippen LogP contribution in [0, 0.1) is 0 Å². The van der Waals surface area contributed by atoms with Crippen LogP contribution in [0.15, 0.2) is 67.2 Å². The van der Waals surface area contributed by atoms with E-state index in [9.17, 15) is 9.46 Å². The van der Waals surface area contributed by atoms with Crippen LogP contribution >= 0.6 is 7.60 Å². The van der Waals surface area contributed by atoms with Gasteiger partial charge in [-0.3, -0.25) is 0 Å². The summed E-state index contributed by atoms with van der Waals surface area (Å²) in [6.07, 6.45) is 0.569. The minimum atomic E-state index is -3.68. The molecule has 2 aromatic carbocycles. The Morgan fingerprint density at radius 3 is 2.20 bits per heavy atom. The molecule has 0 fully saturated rings. The standard InChI is InChI=1S/C16H17O3P/c1-14(16-10-6-3-7-11-16)19-20(17,18)13-12-15-8-4-2-5-9-15/h2-11H,1,12-13H2,(H,17,18). The van der Waals surface area contributed by atoms with Crippen LogP contribution in [0.3, 0.4) is 0 Å². The van der Waals surface area contributed by atoms with E-state index in [0.717, 1.165) is 5.56 Å². The molecule has 104 valence electrons. The Hall–Kier alpha value is -1.83. The Balaban J connectivity index is 1.94.